The standard InChI is InChI=1S/C13H24N4/c1-11(2)14-9-6-8-13-16-15-12-7-4-3-5-10-17(12)13/h11,14H,3-10H2,1-2H3. The van der Waals surface area contributed by atoms with E-state index in [1.807, 2.05) is 0 Å². The second-order valence-corrected chi connectivity index (χ2v) is 5.21. The Morgan fingerprint density at radius 3 is 2.94 bits per heavy atom. The summed E-state index contributed by atoms with van der Waals surface area (Å²) >= 11 is 0. The molecule has 0 unspecified atom stereocenters. The van der Waals surface area contributed by atoms with Crippen molar-refractivity contribution in [2.24, 2.45) is 0 Å². The van der Waals surface area contributed by atoms with E-state index in [1.54, 1.807) is 0 Å². The summed E-state index contributed by atoms with van der Waals surface area (Å²) in [5, 5.41) is 12.1. The summed E-state index contributed by atoms with van der Waals surface area (Å²) < 4.78 is 2.35. The van der Waals surface area contributed by atoms with Crippen LogP contribution < -0.4 is 5.32 Å². The number of aryl methyl sites for hydroxylation is 2. The summed E-state index contributed by atoms with van der Waals surface area (Å²) in [6.45, 7) is 6.56. The first-order valence-corrected chi connectivity index (χ1v) is 6.91. The molecule has 1 aliphatic rings. The molecule has 1 N–H and O–H groups in total. The van der Waals surface area contributed by atoms with Crippen molar-refractivity contribution in [2.45, 2.75) is 65.0 Å². The third-order valence-corrected chi connectivity index (χ3v) is 3.32. The molecule has 0 aromatic carbocycles. The number of rotatable bonds is 5. The molecule has 96 valence electrons. The molecule has 0 fully saturated rings. The van der Waals surface area contributed by atoms with E-state index in [-0.39, 0.29) is 0 Å². The van der Waals surface area contributed by atoms with Gasteiger partial charge < -0.3 is 9.88 Å². The molecule has 0 saturated heterocycles. The smallest absolute Gasteiger partial charge is 0.133 e. The third kappa shape index (κ3) is 3.53. The summed E-state index contributed by atoms with van der Waals surface area (Å²) in [5.41, 5.74) is 0. The van der Waals surface area contributed by atoms with Crippen LogP contribution in [0.3, 0.4) is 0 Å². The van der Waals surface area contributed by atoms with Gasteiger partial charge in [-0.25, -0.2) is 0 Å². The number of fused-ring (bicyclic) bond motifs is 1. The van der Waals surface area contributed by atoms with Crippen LogP contribution in [0.5, 0.6) is 0 Å². The third-order valence-electron chi connectivity index (χ3n) is 3.32. The molecule has 1 aromatic rings. The SMILES string of the molecule is CC(C)NCCCc1nnc2n1CCCCC2. The fourth-order valence-electron chi connectivity index (χ4n) is 2.37. The van der Waals surface area contributed by atoms with Gasteiger partial charge in [0.2, 0.25) is 0 Å². The Morgan fingerprint density at radius 1 is 1.24 bits per heavy atom. The lowest BCUT2D eigenvalue weighted by atomic mass is 10.2. The average molecular weight is 236 g/mol. The first-order chi connectivity index (χ1) is 8.27. The maximum atomic E-state index is 4.34. The van der Waals surface area contributed by atoms with Gasteiger partial charge in [-0.1, -0.05) is 20.3 Å². The summed E-state index contributed by atoms with van der Waals surface area (Å²) in [4.78, 5) is 0. The Kier molecular flexibility index (Phi) is 4.54. The molecule has 4 heteroatoms. The minimum atomic E-state index is 0.575. The Hall–Kier alpha value is -0.900. The molecule has 0 atom stereocenters. The summed E-state index contributed by atoms with van der Waals surface area (Å²) in [7, 11) is 0. The van der Waals surface area contributed by atoms with E-state index in [0.29, 0.717) is 6.04 Å². The fraction of sp³-hybridized carbons (Fsp3) is 0.846. The van der Waals surface area contributed by atoms with Crippen LogP contribution in [0.1, 0.15) is 51.2 Å². The molecule has 0 amide bonds. The Bertz CT molecular complexity index is 343. The van der Waals surface area contributed by atoms with Gasteiger partial charge in [-0.15, -0.1) is 10.2 Å². The normalized spacial score (nSPS) is 15.9. The second kappa shape index (κ2) is 6.15. The van der Waals surface area contributed by atoms with E-state index in [0.717, 1.165) is 32.4 Å². The first-order valence-electron chi connectivity index (χ1n) is 6.91. The monoisotopic (exact) mass is 236 g/mol. The fourth-order valence-corrected chi connectivity index (χ4v) is 2.37. The van der Waals surface area contributed by atoms with Crippen molar-refractivity contribution in [1.82, 2.24) is 20.1 Å². The van der Waals surface area contributed by atoms with Gasteiger partial charge in [-0.2, -0.15) is 0 Å². The lowest BCUT2D eigenvalue weighted by Gasteiger charge is -2.09. The van der Waals surface area contributed by atoms with E-state index < -0.39 is 0 Å². The molecular formula is C13H24N4. The van der Waals surface area contributed by atoms with E-state index >= 15 is 0 Å². The molecule has 4 nitrogen and oxygen atoms in total. The van der Waals surface area contributed by atoms with Crippen LogP contribution in [0.2, 0.25) is 0 Å². The van der Waals surface area contributed by atoms with Crippen LogP contribution in [-0.2, 0) is 19.4 Å². The van der Waals surface area contributed by atoms with Crippen molar-refractivity contribution in [3.8, 4) is 0 Å². The largest absolute Gasteiger partial charge is 0.315 e. The predicted molar refractivity (Wildman–Crippen MR) is 69.0 cm³/mol. The maximum Gasteiger partial charge on any atom is 0.133 e. The molecular weight excluding hydrogens is 212 g/mol. The summed E-state index contributed by atoms with van der Waals surface area (Å²) in [6, 6.07) is 0.575. The van der Waals surface area contributed by atoms with Crippen LogP contribution in [0.15, 0.2) is 0 Å². The number of hydrogen-bond donors (Lipinski definition) is 1. The van der Waals surface area contributed by atoms with Gasteiger partial charge in [-0.3, -0.25) is 0 Å². The maximum absolute atomic E-state index is 4.34. The molecule has 17 heavy (non-hydrogen) atoms. The van der Waals surface area contributed by atoms with Crippen LogP contribution in [0, 0.1) is 0 Å². The van der Waals surface area contributed by atoms with Gasteiger partial charge in [0.15, 0.2) is 0 Å². The lowest BCUT2D eigenvalue weighted by molar-refractivity contribution is 0.550. The van der Waals surface area contributed by atoms with E-state index in [2.05, 4.69) is 33.9 Å². The minimum Gasteiger partial charge on any atom is -0.315 e. The van der Waals surface area contributed by atoms with Crippen molar-refractivity contribution in [1.29, 1.82) is 0 Å². The Balaban J connectivity index is 1.86. The van der Waals surface area contributed by atoms with E-state index in [1.165, 1.54) is 30.9 Å². The van der Waals surface area contributed by atoms with Gasteiger partial charge in [-0.05, 0) is 25.8 Å². The molecule has 2 rings (SSSR count). The highest BCUT2D eigenvalue weighted by atomic mass is 15.3. The van der Waals surface area contributed by atoms with E-state index in [4.69, 9.17) is 0 Å². The van der Waals surface area contributed by atoms with Crippen molar-refractivity contribution < 1.29 is 0 Å². The second-order valence-electron chi connectivity index (χ2n) is 5.21. The molecule has 2 heterocycles. The number of nitrogens with zero attached hydrogens (tertiary/aromatic N) is 3. The van der Waals surface area contributed by atoms with Crippen molar-refractivity contribution in [3.05, 3.63) is 11.6 Å². The Morgan fingerprint density at radius 2 is 2.12 bits per heavy atom. The van der Waals surface area contributed by atoms with Crippen LogP contribution >= 0.6 is 0 Å². The molecule has 1 aliphatic heterocycles. The lowest BCUT2D eigenvalue weighted by Crippen LogP contribution is -2.24. The number of aromatic nitrogens is 3. The average Bonchev–Trinajstić information content (AvgIpc) is 2.54. The van der Waals surface area contributed by atoms with Crippen LogP contribution in [0.4, 0.5) is 0 Å². The van der Waals surface area contributed by atoms with E-state index in [9.17, 15) is 0 Å². The van der Waals surface area contributed by atoms with Gasteiger partial charge >= 0.3 is 0 Å². The minimum absolute atomic E-state index is 0.575. The molecule has 0 saturated carbocycles. The molecule has 0 spiro atoms. The summed E-state index contributed by atoms with van der Waals surface area (Å²) in [5.74, 6) is 2.39. The quantitative estimate of drug-likeness (QED) is 0.794. The zero-order valence-electron chi connectivity index (χ0n) is 11.1. The molecule has 1 aromatic heterocycles. The van der Waals surface area contributed by atoms with Crippen molar-refractivity contribution >= 4 is 0 Å². The number of nitrogens with one attached hydrogen (secondary N) is 1. The Labute approximate surface area is 104 Å². The topological polar surface area (TPSA) is 42.7 Å². The zero-order valence-corrected chi connectivity index (χ0v) is 11.1. The highest BCUT2D eigenvalue weighted by Crippen LogP contribution is 2.15. The number of hydrogen-bond acceptors (Lipinski definition) is 3. The predicted octanol–water partition coefficient (Wildman–Crippen LogP) is 1.94. The van der Waals surface area contributed by atoms with Gasteiger partial charge in [0.05, 0.1) is 0 Å². The molecule has 0 radical (unpaired) electrons. The van der Waals surface area contributed by atoms with Crippen LogP contribution in [0.25, 0.3) is 0 Å². The summed E-state index contributed by atoms with van der Waals surface area (Å²) in [6.07, 6.45) is 7.19. The van der Waals surface area contributed by atoms with Gasteiger partial charge in [0, 0.05) is 25.4 Å². The highest BCUT2D eigenvalue weighted by molar-refractivity contribution is 4.98. The molecule has 0 aliphatic carbocycles. The molecule has 0 bridgehead atoms. The van der Waals surface area contributed by atoms with Crippen molar-refractivity contribution in [2.75, 3.05) is 6.54 Å². The van der Waals surface area contributed by atoms with Crippen molar-refractivity contribution in [3.63, 3.8) is 0 Å². The van der Waals surface area contributed by atoms with Crippen LogP contribution in [-0.4, -0.2) is 27.4 Å². The van der Waals surface area contributed by atoms with Gasteiger partial charge in [0.1, 0.15) is 11.6 Å². The van der Waals surface area contributed by atoms with Gasteiger partial charge in [0.25, 0.3) is 0 Å². The first kappa shape index (κ1) is 12.6. The highest BCUT2D eigenvalue weighted by Gasteiger charge is 2.13. The zero-order chi connectivity index (χ0) is 12.1.